The van der Waals surface area contributed by atoms with Gasteiger partial charge in [-0.2, -0.15) is 0 Å². The molecule has 2 atom stereocenters. The van der Waals surface area contributed by atoms with Crippen LogP contribution in [0.15, 0.2) is 17.0 Å². The maximum absolute atomic E-state index is 12.7. The summed E-state index contributed by atoms with van der Waals surface area (Å²) in [6.07, 6.45) is 5.89. The zero-order valence-electron chi connectivity index (χ0n) is 15.9. The molecule has 0 bridgehead atoms. The minimum Gasteiger partial charge on any atom is -0.496 e. The summed E-state index contributed by atoms with van der Waals surface area (Å²) in [6, 6.07) is 2.74. The Kier molecular flexibility index (Phi) is 6.92. The van der Waals surface area contributed by atoms with Gasteiger partial charge in [-0.1, -0.05) is 33.1 Å². The van der Waals surface area contributed by atoms with Crippen molar-refractivity contribution < 1.29 is 17.9 Å². The maximum Gasteiger partial charge on any atom is 0.255 e. The van der Waals surface area contributed by atoms with E-state index in [-0.39, 0.29) is 33.6 Å². The van der Waals surface area contributed by atoms with Gasteiger partial charge in [-0.15, -0.1) is 0 Å². The first-order valence-corrected chi connectivity index (χ1v) is 11.0. The van der Waals surface area contributed by atoms with E-state index in [9.17, 15) is 13.2 Å². The minimum absolute atomic E-state index is 0.0188. The van der Waals surface area contributed by atoms with Crippen LogP contribution in [0.3, 0.4) is 0 Å². The molecule has 1 aliphatic rings. The summed E-state index contributed by atoms with van der Waals surface area (Å²) in [5.41, 5.74) is 6.16. The SMILES string of the molecule is CCC1CCC[C@@H](CNC(=O)c2cc(S(=O)(=O)CC)c(N)cc2OC)C1. The Morgan fingerprint density at radius 2 is 1.96 bits per heavy atom. The standard InChI is InChI=1S/C19H30N2O4S/c1-4-13-7-6-8-14(9-13)12-21-19(22)15-10-18(26(23,24)5-2)16(20)11-17(15)25-3/h10-11,13-14H,4-9,12,20H2,1-3H3,(H,21,22)/t13?,14-/m1/s1. The highest BCUT2D eigenvalue weighted by atomic mass is 32.2. The van der Waals surface area contributed by atoms with Crippen LogP contribution in [-0.2, 0) is 9.84 Å². The van der Waals surface area contributed by atoms with E-state index in [0.717, 1.165) is 18.8 Å². The fourth-order valence-electron chi connectivity index (χ4n) is 3.64. The predicted molar refractivity (Wildman–Crippen MR) is 103 cm³/mol. The zero-order chi connectivity index (χ0) is 19.3. The molecule has 0 spiro atoms. The van der Waals surface area contributed by atoms with Gasteiger partial charge in [0.2, 0.25) is 0 Å². The first-order valence-electron chi connectivity index (χ1n) is 9.30. The Hall–Kier alpha value is -1.76. The predicted octanol–water partition coefficient (Wildman–Crippen LogP) is 3.02. The highest BCUT2D eigenvalue weighted by Crippen LogP contribution is 2.31. The van der Waals surface area contributed by atoms with Gasteiger partial charge in [-0.05, 0) is 30.7 Å². The fraction of sp³-hybridized carbons (Fsp3) is 0.632. The molecule has 146 valence electrons. The number of ether oxygens (including phenoxy) is 1. The number of carbonyl (C=O) groups excluding carboxylic acids is 1. The molecule has 0 heterocycles. The molecule has 1 aliphatic carbocycles. The number of hydrogen-bond acceptors (Lipinski definition) is 5. The maximum atomic E-state index is 12.7. The average molecular weight is 383 g/mol. The van der Waals surface area contributed by atoms with Gasteiger partial charge in [0, 0.05) is 12.6 Å². The van der Waals surface area contributed by atoms with Gasteiger partial charge in [0.25, 0.3) is 5.91 Å². The van der Waals surface area contributed by atoms with E-state index in [4.69, 9.17) is 10.5 Å². The van der Waals surface area contributed by atoms with Gasteiger partial charge >= 0.3 is 0 Å². The number of nitrogen functional groups attached to an aromatic ring is 1. The summed E-state index contributed by atoms with van der Waals surface area (Å²) >= 11 is 0. The van der Waals surface area contributed by atoms with Crippen molar-refractivity contribution in [3.05, 3.63) is 17.7 Å². The molecule has 1 fully saturated rings. The third-order valence-electron chi connectivity index (χ3n) is 5.31. The Morgan fingerprint density at radius 1 is 1.27 bits per heavy atom. The lowest BCUT2D eigenvalue weighted by Crippen LogP contribution is -2.32. The Balaban J connectivity index is 2.18. The first kappa shape index (κ1) is 20.6. The fourth-order valence-corrected chi connectivity index (χ4v) is 4.66. The molecule has 3 N–H and O–H groups in total. The molecule has 0 saturated heterocycles. The van der Waals surface area contributed by atoms with Crippen molar-refractivity contribution in [1.29, 1.82) is 0 Å². The Bertz CT molecular complexity index is 746. The van der Waals surface area contributed by atoms with Gasteiger partial charge < -0.3 is 15.8 Å². The van der Waals surface area contributed by atoms with Gasteiger partial charge in [0.15, 0.2) is 9.84 Å². The number of rotatable bonds is 7. The molecule has 2 rings (SSSR count). The smallest absolute Gasteiger partial charge is 0.255 e. The first-order chi connectivity index (χ1) is 12.3. The van der Waals surface area contributed by atoms with Crippen LogP contribution in [0.1, 0.15) is 56.3 Å². The Labute approximate surface area is 156 Å². The van der Waals surface area contributed by atoms with Crippen LogP contribution in [0.2, 0.25) is 0 Å². The molecule has 26 heavy (non-hydrogen) atoms. The van der Waals surface area contributed by atoms with Gasteiger partial charge in [-0.25, -0.2) is 8.42 Å². The van der Waals surface area contributed by atoms with Crippen molar-refractivity contribution in [3.8, 4) is 5.75 Å². The van der Waals surface area contributed by atoms with Crippen LogP contribution in [0, 0.1) is 11.8 Å². The molecule has 1 aromatic carbocycles. The van der Waals surface area contributed by atoms with Crippen molar-refractivity contribution in [2.75, 3.05) is 25.1 Å². The van der Waals surface area contributed by atoms with Crippen LogP contribution < -0.4 is 15.8 Å². The molecule has 1 aromatic rings. The monoisotopic (exact) mass is 382 g/mol. The summed E-state index contributed by atoms with van der Waals surface area (Å²) in [4.78, 5) is 12.7. The van der Waals surface area contributed by atoms with E-state index < -0.39 is 9.84 Å². The van der Waals surface area contributed by atoms with E-state index >= 15 is 0 Å². The number of anilines is 1. The number of benzene rings is 1. The molecule has 6 nitrogen and oxygen atoms in total. The van der Waals surface area contributed by atoms with Crippen molar-refractivity contribution in [1.82, 2.24) is 5.32 Å². The third kappa shape index (κ3) is 4.69. The summed E-state index contributed by atoms with van der Waals surface area (Å²) in [5, 5.41) is 2.95. The molecule has 0 radical (unpaired) electrons. The lowest BCUT2D eigenvalue weighted by molar-refractivity contribution is 0.0936. The number of nitrogens with two attached hydrogens (primary N) is 1. The van der Waals surface area contributed by atoms with E-state index in [2.05, 4.69) is 12.2 Å². The molecular weight excluding hydrogens is 352 g/mol. The number of methoxy groups -OCH3 is 1. The van der Waals surface area contributed by atoms with E-state index in [0.29, 0.717) is 12.5 Å². The molecule has 0 aromatic heterocycles. The zero-order valence-corrected chi connectivity index (χ0v) is 16.7. The topological polar surface area (TPSA) is 98.5 Å². The van der Waals surface area contributed by atoms with E-state index in [1.165, 1.54) is 38.5 Å². The third-order valence-corrected chi connectivity index (χ3v) is 7.10. The van der Waals surface area contributed by atoms with Crippen molar-refractivity contribution in [2.45, 2.75) is 50.8 Å². The highest BCUT2D eigenvalue weighted by molar-refractivity contribution is 7.91. The second kappa shape index (κ2) is 8.75. The van der Waals surface area contributed by atoms with Crippen LogP contribution in [0.4, 0.5) is 5.69 Å². The molecule has 7 heteroatoms. The van der Waals surface area contributed by atoms with Crippen molar-refractivity contribution in [3.63, 3.8) is 0 Å². The van der Waals surface area contributed by atoms with Gasteiger partial charge in [-0.3, -0.25) is 4.79 Å². The van der Waals surface area contributed by atoms with Crippen LogP contribution in [-0.4, -0.2) is 33.7 Å². The van der Waals surface area contributed by atoms with E-state index in [1.807, 2.05) is 0 Å². The number of hydrogen-bond donors (Lipinski definition) is 2. The summed E-state index contributed by atoms with van der Waals surface area (Å²) in [5.74, 6) is 1.08. The lowest BCUT2D eigenvalue weighted by atomic mass is 9.80. The highest BCUT2D eigenvalue weighted by Gasteiger charge is 2.24. The lowest BCUT2D eigenvalue weighted by Gasteiger charge is -2.28. The normalized spacial score (nSPS) is 20.6. The van der Waals surface area contributed by atoms with Crippen LogP contribution >= 0.6 is 0 Å². The number of sulfone groups is 1. The molecular formula is C19H30N2O4S. The summed E-state index contributed by atoms with van der Waals surface area (Å²) in [6.45, 7) is 4.35. The van der Waals surface area contributed by atoms with E-state index in [1.54, 1.807) is 6.92 Å². The van der Waals surface area contributed by atoms with Gasteiger partial charge in [0.1, 0.15) is 5.75 Å². The second-order valence-corrected chi connectivity index (χ2v) is 9.26. The molecule has 1 amide bonds. The minimum atomic E-state index is -3.52. The summed E-state index contributed by atoms with van der Waals surface area (Å²) in [7, 11) is -2.08. The average Bonchev–Trinajstić information content (AvgIpc) is 2.65. The van der Waals surface area contributed by atoms with Crippen molar-refractivity contribution in [2.24, 2.45) is 11.8 Å². The number of amides is 1. The van der Waals surface area contributed by atoms with Crippen molar-refractivity contribution >= 4 is 21.4 Å². The van der Waals surface area contributed by atoms with Gasteiger partial charge in [0.05, 0.1) is 29.0 Å². The quantitative estimate of drug-likeness (QED) is 0.706. The number of nitrogens with one attached hydrogen (secondary N) is 1. The Morgan fingerprint density at radius 3 is 2.58 bits per heavy atom. The largest absolute Gasteiger partial charge is 0.496 e. The summed E-state index contributed by atoms with van der Waals surface area (Å²) < 4.78 is 29.7. The second-order valence-electron chi connectivity index (χ2n) is 7.01. The van der Waals surface area contributed by atoms with Crippen LogP contribution in [0.25, 0.3) is 0 Å². The molecule has 1 unspecified atom stereocenters. The molecule has 0 aliphatic heterocycles. The van der Waals surface area contributed by atoms with Crippen LogP contribution in [0.5, 0.6) is 5.75 Å². The molecule has 1 saturated carbocycles. The number of carbonyl (C=O) groups is 1.